The maximum absolute atomic E-state index is 12.4. The number of carbonyl (C=O) groups excluding carboxylic acids is 2. The minimum atomic E-state index is -0.511. The van der Waals surface area contributed by atoms with Crippen LogP contribution in [0.5, 0.6) is 5.75 Å². The van der Waals surface area contributed by atoms with Crippen LogP contribution in [0.3, 0.4) is 0 Å². The molecule has 31 heavy (non-hydrogen) atoms. The Labute approximate surface area is 179 Å². The van der Waals surface area contributed by atoms with Crippen LogP contribution < -0.4 is 15.4 Å². The number of amides is 2. The molecule has 3 aromatic rings. The van der Waals surface area contributed by atoms with E-state index < -0.39 is 10.8 Å². The van der Waals surface area contributed by atoms with E-state index in [1.807, 2.05) is 37.3 Å². The summed E-state index contributed by atoms with van der Waals surface area (Å²) in [6.45, 7) is 1.65. The first kappa shape index (κ1) is 21.5. The number of hydrogen-bond donors (Lipinski definition) is 2. The van der Waals surface area contributed by atoms with E-state index in [0.717, 1.165) is 5.56 Å². The van der Waals surface area contributed by atoms with E-state index in [2.05, 4.69) is 10.6 Å². The molecule has 0 saturated heterocycles. The van der Waals surface area contributed by atoms with E-state index in [4.69, 9.17) is 4.74 Å². The molecule has 0 fully saturated rings. The second kappa shape index (κ2) is 10.0. The van der Waals surface area contributed by atoms with Crippen molar-refractivity contribution >= 4 is 23.2 Å². The SMILES string of the molecule is CC(NC(=O)c1ccc(NC(=O)COc2ccc([N+](=O)[O-])cc2)cc1)c1ccccc1. The molecular formula is C23H21N3O5. The van der Waals surface area contributed by atoms with Gasteiger partial charge in [-0.2, -0.15) is 0 Å². The molecule has 0 radical (unpaired) electrons. The van der Waals surface area contributed by atoms with Gasteiger partial charge in [-0.05, 0) is 48.9 Å². The number of nitrogens with zero attached hydrogens (tertiary/aromatic N) is 1. The lowest BCUT2D eigenvalue weighted by atomic mass is 10.1. The lowest BCUT2D eigenvalue weighted by Crippen LogP contribution is -2.26. The molecule has 0 aliphatic rings. The third-order valence-corrected chi connectivity index (χ3v) is 4.50. The molecule has 8 heteroatoms. The first-order valence-corrected chi connectivity index (χ1v) is 9.55. The maximum atomic E-state index is 12.4. The number of ether oxygens (including phenoxy) is 1. The van der Waals surface area contributed by atoms with Gasteiger partial charge in [0, 0.05) is 23.4 Å². The highest BCUT2D eigenvalue weighted by Gasteiger charge is 2.12. The van der Waals surface area contributed by atoms with Gasteiger partial charge in [-0.15, -0.1) is 0 Å². The molecule has 0 aliphatic carbocycles. The Bertz CT molecular complexity index is 1050. The average Bonchev–Trinajstić information content (AvgIpc) is 2.79. The van der Waals surface area contributed by atoms with Gasteiger partial charge in [-0.25, -0.2) is 0 Å². The van der Waals surface area contributed by atoms with Crippen molar-refractivity contribution < 1.29 is 19.2 Å². The van der Waals surface area contributed by atoms with Crippen molar-refractivity contribution in [3.63, 3.8) is 0 Å². The molecule has 2 N–H and O–H groups in total. The zero-order valence-corrected chi connectivity index (χ0v) is 16.8. The number of benzene rings is 3. The predicted molar refractivity (Wildman–Crippen MR) is 116 cm³/mol. The molecule has 0 aliphatic heterocycles. The normalized spacial score (nSPS) is 11.3. The van der Waals surface area contributed by atoms with E-state index in [0.29, 0.717) is 17.0 Å². The second-order valence-electron chi connectivity index (χ2n) is 6.77. The number of hydrogen-bond acceptors (Lipinski definition) is 5. The highest BCUT2D eigenvalue weighted by atomic mass is 16.6. The summed E-state index contributed by atoms with van der Waals surface area (Å²) in [5.41, 5.74) is 1.94. The van der Waals surface area contributed by atoms with Gasteiger partial charge < -0.3 is 15.4 Å². The van der Waals surface area contributed by atoms with Crippen molar-refractivity contribution in [1.82, 2.24) is 5.32 Å². The summed E-state index contributed by atoms with van der Waals surface area (Å²) in [6, 6.07) is 21.5. The molecule has 158 valence electrons. The van der Waals surface area contributed by atoms with E-state index >= 15 is 0 Å². The quantitative estimate of drug-likeness (QED) is 0.422. The monoisotopic (exact) mass is 419 g/mol. The molecule has 1 unspecified atom stereocenters. The molecular weight excluding hydrogens is 398 g/mol. The molecule has 0 heterocycles. The summed E-state index contributed by atoms with van der Waals surface area (Å²) in [4.78, 5) is 34.6. The Kier molecular flexibility index (Phi) is 6.95. The number of non-ortho nitro benzene ring substituents is 1. The van der Waals surface area contributed by atoms with Crippen LogP contribution in [0.1, 0.15) is 28.9 Å². The van der Waals surface area contributed by atoms with Crippen molar-refractivity contribution in [2.24, 2.45) is 0 Å². The molecule has 2 amide bonds. The number of carbonyl (C=O) groups is 2. The topological polar surface area (TPSA) is 111 Å². The number of nitrogens with one attached hydrogen (secondary N) is 2. The Morgan fingerprint density at radius 3 is 2.23 bits per heavy atom. The van der Waals surface area contributed by atoms with Gasteiger partial charge in [-0.3, -0.25) is 19.7 Å². The van der Waals surface area contributed by atoms with E-state index in [-0.39, 0.29) is 24.2 Å². The number of rotatable bonds is 8. The van der Waals surface area contributed by atoms with Gasteiger partial charge in [-0.1, -0.05) is 30.3 Å². The summed E-state index contributed by atoms with van der Waals surface area (Å²) in [7, 11) is 0. The Morgan fingerprint density at radius 2 is 1.61 bits per heavy atom. The molecule has 3 rings (SSSR count). The van der Waals surface area contributed by atoms with Crippen LogP contribution in [0.15, 0.2) is 78.9 Å². The Morgan fingerprint density at radius 1 is 0.968 bits per heavy atom. The third kappa shape index (κ3) is 6.14. The number of nitro benzene ring substituents is 1. The van der Waals surface area contributed by atoms with Gasteiger partial charge in [0.25, 0.3) is 17.5 Å². The smallest absolute Gasteiger partial charge is 0.269 e. The number of nitro groups is 1. The van der Waals surface area contributed by atoms with Crippen LogP contribution in [0, 0.1) is 10.1 Å². The fraction of sp³-hybridized carbons (Fsp3) is 0.130. The highest BCUT2D eigenvalue weighted by Crippen LogP contribution is 2.18. The lowest BCUT2D eigenvalue weighted by Gasteiger charge is -2.14. The van der Waals surface area contributed by atoms with Crippen molar-refractivity contribution in [3.05, 3.63) is 100 Å². The van der Waals surface area contributed by atoms with Crippen LogP contribution in [0.2, 0.25) is 0 Å². The predicted octanol–water partition coefficient (Wildman–Crippen LogP) is 4.10. The third-order valence-electron chi connectivity index (χ3n) is 4.50. The minimum Gasteiger partial charge on any atom is -0.484 e. The fourth-order valence-corrected chi connectivity index (χ4v) is 2.82. The summed E-state index contributed by atoms with van der Waals surface area (Å²) in [5, 5.41) is 16.2. The van der Waals surface area contributed by atoms with Gasteiger partial charge in [0.15, 0.2) is 6.61 Å². The van der Waals surface area contributed by atoms with Crippen LogP contribution in [-0.4, -0.2) is 23.3 Å². The number of anilines is 1. The molecule has 3 aromatic carbocycles. The average molecular weight is 419 g/mol. The summed E-state index contributed by atoms with van der Waals surface area (Å²) < 4.78 is 5.32. The van der Waals surface area contributed by atoms with E-state index in [1.54, 1.807) is 24.3 Å². The largest absolute Gasteiger partial charge is 0.484 e. The molecule has 0 spiro atoms. The first-order chi connectivity index (χ1) is 14.9. The lowest BCUT2D eigenvalue weighted by molar-refractivity contribution is -0.384. The molecule has 1 atom stereocenters. The van der Waals surface area contributed by atoms with Gasteiger partial charge in [0.05, 0.1) is 11.0 Å². The van der Waals surface area contributed by atoms with Crippen molar-refractivity contribution in [2.75, 3.05) is 11.9 Å². The molecule has 0 saturated carbocycles. The Balaban J connectivity index is 1.49. The van der Waals surface area contributed by atoms with Crippen molar-refractivity contribution in [1.29, 1.82) is 0 Å². The van der Waals surface area contributed by atoms with Crippen LogP contribution in [-0.2, 0) is 4.79 Å². The zero-order valence-electron chi connectivity index (χ0n) is 16.8. The molecule has 0 bridgehead atoms. The van der Waals surface area contributed by atoms with Crippen LogP contribution >= 0.6 is 0 Å². The zero-order chi connectivity index (χ0) is 22.2. The van der Waals surface area contributed by atoms with Gasteiger partial charge in [0.2, 0.25) is 0 Å². The second-order valence-corrected chi connectivity index (χ2v) is 6.77. The fourth-order valence-electron chi connectivity index (χ4n) is 2.82. The summed E-state index contributed by atoms with van der Waals surface area (Å²) >= 11 is 0. The van der Waals surface area contributed by atoms with Crippen LogP contribution in [0.25, 0.3) is 0 Å². The Hall–Kier alpha value is -4.20. The minimum absolute atomic E-state index is 0.0564. The molecule has 8 nitrogen and oxygen atoms in total. The standard InChI is InChI=1S/C23H21N3O5/c1-16(17-5-3-2-4-6-17)24-23(28)18-7-9-19(10-8-18)25-22(27)15-31-21-13-11-20(12-14-21)26(29)30/h2-14,16H,15H2,1H3,(H,24,28)(H,25,27). The van der Waals surface area contributed by atoms with Gasteiger partial charge >= 0.3 is 0 Å². The van der Waals surface area contributed by atoms with Crippen molar-refractivity contribution in [3.8, 4) is 5.75 Å². The maximum Gasteiger partial charge on any atom is 0.269 e. The van der Waals surface area contributed by atoms with E-state index in [1.165, 1.54) is 24.3 Å². The van der Waals surface area contributed by atoms with Gasteiger partial charge in [0.1, 0.15) is 5.75 Å². The highest BCUT2D eigenvalue weighted by molar-refractivity contribution is 5.96. The summed E-state index contributed by atoms with van der Waals surface area (Å²) in [6.07, 6.45) is 0. The molecule has 0 aromatic heterocycles. The van der Waals surface area contributed by atoms with Crippen LogP contribution in [0.4, 0.5) is 11.4 Å². The first-order valence-electron chi connectivity index (χ1n) is 9.55. The van der Waals surface area contributed by atoms with E-state index in [9.17, 15) is 19.7 Å². The van der Waals surface area contributed by atoms with Crippen molar-refractivity contribution in [2.45, 2.75) is 13.0 Å². The summed E-state index contributed by atoms with van der Waals surface area (Å²) in [5.74, 6) is -0.260.